The summed E-state index contributed by atoms with van der Waals surface area (Å²) in [5, 5.41) is 6.02. The Kier molecular flexibility index (Phi) is 5.48. The van der Waals surface area contributed by atoms with Crippen molar-refractivity contribution in [2.45, 2.75) is 24.8 Å². The summed E-state index contributed by atoms with van der Waals surface area (Å²) in [6.07, 6.45) is -0.163. The highest BCUT2D eigenvalue weighted by molar-refractivity contribution is 7.90. The fraction of sp³-hybridized carbons (Fsp3) is 0.267. The van der Waals surface area contributed by atoms with Gasteiger partial charge in [0.15, 0.2) is 21.8 Å². The van der Waals surface area contributed by atoms with Crippen molar-refractivity contribution in [2.75, 3.05) is 11.6 Å². The maximum Gasteiger partial charge on any atom is 0.340 e. The number of nitrogens with one attached hydrogen (secondary N) is 1. The number of aromatic nitrogens is 1. The molecule has 8 nitrogen and oxygen atoms in total. The number of aryl methyl sites for hydroxylation is 1. The molecule has 0 saturated carbocycles. The molecule has 134 valence electrons. The zero-order valence-corrected chi connectivity index (χ0v) is 15.1. The Balaban J connectivity index is 2.12. The molecule has 0 aliphatic carbocycles. The van der Waals surface area contributed by atoms with Gasteiger partial charge in [-0.05, 0) is 32.0 Å². The number of anilines is 1. The van der Waals surface area contributed by atoms with E-state index in [1.54, 1.807) is 6.92 Å². The molecule has 1 aromatic heterocycles. The maximum atomic E-state index is 12.2. The van der Waals surface area contributed by atoms with E-state index < -0.39 is 27.8 Å². The van der Waals surface area contributed by atoms with Crippen molar-refractivity contribution in [1.82, 2.24) is 5.16 Å². The summed E-state index contributed by atoms with van der Waals surface area (Å²) >= 11 is 5.92. The van der Waals surface area contributed by atoms with E-state index in [0.29, 0.717) is 5.76 Å². The fourth-order valence-electron chi connectivity index (χ4n) is 1.82. The molecule has 0 saturated heterocycles. The van der Waals surface area contributed by atoms with Crippen LogP contribution in [0.2, 0.25) is 5.02 Å². The van der Waals surface area contributed by atoms with Crippen LogP contribution >= 0.6 is 11.6 Å². The van der Waals surface area contributed by atoms with E-state index >= 15 is 0 Å². The molecule has 0 bridgehead atoms. The molecule has 1 atom stereocenters. The first-order valence-corrected chi connectivity index (χ1v) is 9.29. The Labute approximate surface area is 149 Å². The summed E-state index contributed by atoms with van der Waals surface area (Å²) in [4.78, 5) is 24.1. The van der Waals surface area contributed by atoms with Gasteiger partial charge in [0.25, 0.3) is 5.91 Å². The second kappa shape index (κ2) is 7.24. The van der Waals surface area contributed by atoms with Crippen LogP contribution in [0.4, 0.5) is 5.82 Å². The summed E-state index contributed by atoms with van der Waals surface area (Å²) in [5.74, 6) is -0.863. The van der Waals surface area contributed by atoms with Crippen LogP contribution in [0.5, 0.6) is 0 Å². The minimum atomic E-state index is -3.52. The van der Waals surface area contributed by atoms with E-state index in [1.807, 2.05) is 0 Å². The highest BCUT2D eigenvalue weighted by Gasteiger charge is 2.23. The molecule has 0 radical (unpaired) electrons. The Hall–Kier alpha value is -2.39. The van der Waals surface area contributed by atoms with E-state index in [2.05, 4.69) is 10.5 Å². The third-order valence-electron chi connectivity index (χ3n) is 3.12. The molecule has 10 heteroatoms. The quantitative estimate of drug-likeness (QED) is 0.783. The largest absolute Gasteiger partial charge is 0.449 e. The lowest BCUT2D eigenvalue weighted by atomic mass is 10.2. The number of sulfone groups is 1. The Morgan fingerprint density at radius 1 is 1.32 bits per heavy atom. The van der Waals surface area contributed by atoms with Gasteiger partial charge < -0.3 is 14.6 Å². The molecule has 1 heterocycles. The van der Waals surface area contributed by atoms with Gasteiger partial charge >= 0.3 is 5.97 Å². The number of nitrogens with zero attached hydrogens (tertiary/aromatic N) is 1. The summed E-state index contributed by atoms with van der Waals surface area (Å²) in [5.41, 5.74) is -0.151. The first kappa shape index (κ1) is 18.9. The van der Waals surface area contributed by atoms with Gasteiger partial charge in [-0.1, -0.05) is 16.8 Å². The molecule has 0 fully saturated rings. The van der Waals surface area contributed by atoms with Crippen molar-refractivity contribution in [3.8, 4) is 0 Å². The van der Waals surface area contributed by atoms with Crippen molar-refractivity contribution in [1.29, 1.82) is 0 Å². The summed E-state index contributed by atoms with van der Waals surface area (Å²) < 4.78 is 33.0. The Bertz CT molecular complexity index is 922. The minimum absolute atomic E-state index is 0.0112. The molecule has 1 N–H and O–H groups in total. The van der Waals surface area contributed by atoms with Crippen LogP contribution in [0.1, 0.15) is 23.0 Å². The zero-order valence-electron chi connectivity index (χ0n) is 13.6. The molecular weight excluding hydrogens is 372 g/mol. The number of benzene rings is 1. The van der Waals surface area contributed by atoms with Crippen LogP contribution in [0.15, 0.2) is 33.7 Å². The first-order chi connectivity index (χ1) is 11.6. The number of ether oxygens (including phenoxy) is 1. The lowest BCUT2D eigenvalue weighted by Gasteiger charge is -2.13. The Morgan fingerprint density at radius 2 is 2.00 bits per heavy atom. The standard InChI is InChI=1S/C15H15ClN2O6S/c1-8-6-13(18-24-8)17-14(19)9(2)23-15(20)11-7-10(25(3,21)22)4-5-12(11)16/h4-7,9H,1-3H3,(H,17,18,19)/t9-/m0/s1. The van der Waals surface area contributed by atoms with Crippen LogP contribution in [-0.2, 0) is 19.4 Å². The summed E-state index contributed by atoms with van der Waals surface area (Å²) in [6, 6.07) is 5.15. The smallest absolute Gasteiger partial charge is 0.340 e. The van der Waals surface area contributed by atoms with Crippen LogP contribution in [0, 0.1) is 6.92 Å². The number of amides is 1. The average Bonchev–Trinajstić information content (AvgIpc) is 2.91. The third-order valence-corrected chi connectivity index (χ3v) is 4.56. The molecule has 1 amide bonds. The van der Waals surface area contributed by atoms with Crippen molar-refractivity contribution >= 4 is 39.1 Å². The van der Waals surface area contributed by atoms with Crippen LogP contribution in [0.3, 0.4) is 0 Å². The molecule has 0 aliphatic heterocycles. The van der Waals surface area contributed by atoms with Crippen LogP contribution in [-0.4, -0.2) is 37.8 Å². The van der Waals surface area contributed by atoms with E-state index in [4.69, 9.17) is 20.9 Å². The molecule has 0 spiro atoms. The third kappa shape index (κ3) is 4.80. The molecule has 0 aliphatic rings. The Morgan fingerprint density at radius 3 is 2.56 bits per heavy atom. The van der Waals surface area contributed by atoms with Crippen LogP contribution in [0.25, 0.3) is 0 Å². The van der Waals surface area contributed by atoms with Crippen molar-refractivity contribution in [3.05, 3.63) is 40.6 Å². The highest BCUT2D eigenvalue weighted by atomic mass is 35.5. The van der Waals surface area contributed by atoms with Gasteiger partial charge in [-0.2, -0.15) is 0 Å². The predicted molar refractivity (Wildman–Crippen MR) is 89.3 cm³/mol. The molecular formula is C15H15ClN2O6S. The SMILES string of the molecule is Cc1cc(NC(=O)[C@H](C)OC(=O)c2cc(S(C)(=O)=O)ccc2Cl)no1. The monoisotopic (exact) mass is 386 g/mol. The van der Waals surface area contributed by atoms with E-state index in [9.17, 15) is 18.0 Å². The summed E-state index contributed by atoms with van der Waals surface area (Å²) in [6.45, 7) is 3.01. The molecule has 2 aromatic rings. The number of carbonyl (C=O) groups excluding carboxylic acids is 2. The molecule has 0 unspecified atom stereocenters. The molecule has 1 aromatic carbocycles. The fourth-order valence-corrected chi connectivity index (χ4v) is 2.66. The second-order valence-corrected chi connectivity index (χ2v) is 7.70. The van der Waals surface area contributed by atoms with Gasteiger partial charge in [-0.15, -0.1) is 0 Å². The zero-order chi connectivity index (χ0) is 18.8. The van der Waals surface area contributed by atoms with Gasteiger partial charge in [0.1, 0.15) is 5.76 Å². The maximum absolute atomic E-state index is 12.2. The summed E-state index contributed by atoms with van der Waals surface area (Å²) in [7, 11) is -3.52. The van der Waals surface area contributed by atoms with Crippen molar-refractivity contribution in [2.24, 2.45) is 0 Å². The van der Waals surface area contributed by atoms with Gasteiger partial charge in [0, 0.05) is 12.3 Å². The van der Waals surface area contributed by atoms with Gasteiger partial charge in [0.2, 0.25) is 0 Å². The predicted octanol–water partition coefficient (Wildman–Crippen LogP) is 2.22. The lowest BCUT2D eigenvalue weighted by Crippen LogP contribution is -2.30. The van der Waals surface area contributed by atoms with Crippen molar-refractivity contribution < 1.29 is 27.3 Å². The topological polar surface area (TPSA) is 116 Å². The second-order valence-electron chi connectivity index (χ2n) is 5.27. The number of halogens is 1. The minimum Gasteiger partial charge on any atom is -0.449 e. The number of carbonyl (C=O) groups is 2. The lowest BCUT2D eigenvalue weighted by molar-refractivity contribution is -0.123. The number of rotatable bonds is 5. The van der Waals surface area contributed by atoms with E-state index in [0.717, 1.165) is 12.3 Å². The number of hydrogen-bond donors (Lipinski definition) is 1. The van der Waals surface area contributed by atoms with E-state index in [-0.39, 0.29) is 21.3 Å². The van der Waals surface area contributed by atoms with E-state index in [1.165, 1.54) is 25.1 Å². The normalized spacial score (nSPS) is 12.5. The number of hydrogen-bond acceptors (Lipinski definition) is 7. The molecule has 2 rings (SSSR count). The van der Waals surface area contributed by atoms with Crippen LogP contribution < -0.4 is 5.32 Å². The van der Waals surface area contributed by atoms with Gasteiger partial charge in [-0.3, -0.25) is 4.79 Å². The highest BCUT2D eigenvalue weighted by Crippen LogP contribution is 2.22. The average molecular weight is 387 g/mol. The van der Waals surface area contributed by atoms with Gasteiger partial charge in [-0.25, -0.2) is 13.2 Å². The van der Waals surface area contributed by atoms with Crippen molar-refractivity contribution in [3.63, 3.8) is 0 Å². The van der Waals surface area contributed by atoms with Gasteiger partial charge in [0.05, 0.1) is 15.5 Å². The number of esters is 1. The first-order valence-electron chi connectivity index (χ1n) is 7.02. The molecule has 25 heavy (non-hydrogen) atoms.